The molecule has 1 saturated carbocycles. The molecule has 1 amide bonds. The number of aryl methyl sites for hydroxylation is 1. The van der Waals surface area contributed by atoms with E-state index in [0.717, 1.165) is 94.4 Å². The zero-order valence-electron chi connectivity index (χ0n) is 36.1. The summed E-state index contributed by atoms with van der Waals surface area (Å²) in [4.78, 5) is 53.8. The Balaban J connectivity index is 0.800. The van der Waals surface area contributed by atoms with E-state index < -0.39 is 11.6 Å². The van der Waals surface area contributed by atoms with Crippen LogP contribution in [0.2, 0.25) is 0 Å². The van der Waals surface area contributed by atoms with Crippen molar-refractivity contribution >= 4 is 61.0 Å². The maximum Gasteiger partial charge on any atom is 0.357 e. The molecule has 3 aromatic carbocycles. The molecule has 2 fully saturated rings. The van der Waals surface area contributed by atoms with Crippen LogP contribution in [0.1, 0.15) is 108 Å². The van der Waals surface area contributed by atoms with Gasteiger partial charge in [0.25, 0.3) is 5.91 Å². The van der Waals surface area contributed by atoms with E-state index >= 15 is 0 Å². The number of anilines is 2. The van der Waals surface area contributed by atoms with Gasteiger partial charge < -0.3 is 19.1 Å². The number of amides is 1. The number of piperidine rings is 1. The Morgan fingerprint density at radius 1 is 0.919 bits per heavy atom. The predicted molar refractivity (Wildman–Crippen MR) is 245 cm³/mol. The van der Waals surface area contributed by atoms with Crippen LogP contribution in [0.15, 0.2) is 66.7 Å². The monoisotopic (exact) mass is 873 g/mol. The van der Waals surface area contributed by atoms with Gasteiger partial charge in [-0.25, -0.2) is 14.8 Å². The topological polar surface area (TPSA) is 123 Å². The maximum atomic E-state index is 13.6. The summed E-state index contributed by atoms with van der Waals surface area (Å²) in [5.41, 5.74) is 4.76. The van der Waals surface area contributed by atoms with Gasteiger partial charge in [0.1, 0.15) is 11.4 Å². The van der Waals surface area contributed by atoms with Gasteiger partial charge in [-0.2, -0.15) is 0 Å². The van der Waals surface area contributed by atoms with Crippen molar-refractivity contribution in [2.75, 3.05) is 50.1 Å². The van der Waals surface area contributed by atoms with E-state index in [1.807, 2.05) is 81.4 Å². The normalized spacial score (nSPS) is 16.6. The fraction of sp³-hybridized carbons (Fsp3) is 0.449. The lowest BCUT2D eigenvalue weighted by Crippen LogP contribution is -2.43. The number of carbonyl (C=O) groups is 3. The molecule has 0 atom stereocenters. The number of hydrogen-bond donors (Lipinski definition) is 1. The van der Waals surface area contributed by atoms with Crippen LogP contribution in [0.3, 0.4) is 0 Å². The largest absolute Gasteiger partial charge is 0.494 e. The van der Waals surface area contributed by atoms with Gasteiger partial charge in [0.15, 0.2) is 16.0 Å². The molecule has 5 aromatic rings. The Hall–Kier alpha value is -5.29. The summed E-state index contributed by atoms with van der Waals surface area (Å²) >= 11 is 2.95. The van der Waals surface area contributed by atoms with Crippen LogP contribution < -0.4 is 15.0 Å². The highest BCUT2D eigenvalue weighted by molar-refractivity contribution is 7.22. The predicted octanol–water partition coefficient (Wildman–Crippen LogP) is 9.33. The van der Waals surface area contributed by atoms with Gasteiger partial charge in [-0.1, -0.05) is 47.4 Å². The van der Waals surface area contributed by atoms with Gasteiger partial charge >= 0.3 is 11.9 Å². The molecular weight excluding hydrogens is 819 g/mol. The molecule has 1 aliphatic carbocycles. The van der Waals surface area contributed by atoms with Crippen molar-refractivity contribution in [2.24, 2.45) is 11.3 Å². The fourth-order valence-corrected chi connectivity index (χ4v) is 10.8. The van der Waals surface area contributed by atoms with Crippen molar-refractivity contribution in [3.05, 3.63) is 99.6 Å². The van der Waals surface area contributed by atoms with Gasteiger partial charge in [-0.15, -0.1) is 11.3 Å². The van der Waals surface area contributed by atoms with E-state index in [-0.39, 0.29) is 17.8 Å². The number of fused-ring (bicyclic) bond motifs is 2. The number of esters is 2. The van der Waals surface area contributed by atoms with Crippen LogP contribution in [0.4, 0.5) is 10.3 Å². The number of rotatable bonds is 11. The zero-order valence-corrected chi connectivity index (χ0v) is 37.7. The van der Waals surface area contributed by atoms with Gasteiger partial charge in [-0.3, -0.25) is 19.8 Å². The molecule has 1 saturated heterocycles. The first-order valence-corrected chi connectivity index (χ1v) is 23.4. The van der Waals surface area contributed by atoms with Crippen molar-refractivity contribution < 1.29 is 28.6 Å². The molecule has 2 aliphatic heterocycles. The molecule has 0 bridgehead atoms. The number of aromatic nitrogens is 2. The second kappa shape index (κ2) is 19.0. The number of ether oxygens (including phenoxy) is 3. The molecule has 1 spiro atoms. The highest BCUT2D eigenvalue weighted by atomic mass is 32.1. The van der Waals surface area contributed by atoms with E-state index in [1.54, 1.807) is 0 Å². The number of nitrogens with one attached hydrogen (secondary N) is 1. The molecule has 4 heterocycles. The Morgan fingerprint density at radius 3 is 2.44 bits per heavy atom. The van der Waals surface area contributed by atoms with Crippen molar-refractivity contribution in [3.8, 4) is 17.6 Å². The molecule has 0 unspecified atom stereocenters. The van der Waals surface area contributed by atoms with Gasteiger partial charge in [0.05, 0.1) is 36.4 Å². The first-order chi connectivity index (χ1) is 29.9. The average Bonchev–Trinajstić information content (AvgIpc) is 3.89. The average molecular weight is 874 g/mol. The number of benzene rings is 3. The van der Waals surface area contributed by atoms with Crippen molar-refractivity contribution in [1.29, 1.82) is 0 Å². The van der Waals surface area contributed by atoms with E-state index in [9.17, 15) is 14.4 Å². The van der Waals surface area contributed by atoms with Crippen molar-refractivity contribution in [2.45, 2.75) is 90.7 Å². The Bertz CT molecular complexity index is 2430. The standard InChI is InChI=1S/C49H55N5O6S2/c1-48(2,3)60-44(56)35-20-23-49(24-21-35)25-29-53(30-26-49)27-8-10-33-16-18-36(19-17-33)59-31-9-15-41-42(45(57)58-4)51-47(62-41)54-28-22-34-11-7-12-37(38(34)32-54)43(55)52-46-50-39-13-5-6-14-40(39)61-46/h5-7,11-14,16-19,35H,9,15,20-32H2,1-4H3,(H,50,52,55). The number of carbonyl (C=O) groups excluding carboxylic acids is 3. The quantitative estimate of drug-likeness (QED) is 0.0781. The summed E-state index contributed by atoms with van der Waals surface area (Å²) in [6.07, 6.45) is 8.47. The molecule has 8 rings (SSSR count). The lowest BCUT2D eigenvalue weighted by Gasteiger charge is -2.45. The minimum Gasteiger partial charge on any atom is -0.494 e. The summed E-state index contributed by atoms with van der Waals surface area (Å²) in [6.45, 7) is 10.3. The third kappa shape index (κ3) is 10.5. The second-order valence-corrected chi connectivity index (χ2v) is 19.8. The molecule has 324 valence electrons. The highest BCUT2D eigenvalue weighted by Gasteiger charge is 2.40. The Labute approximate surface area is 372 Å². The van der Waals surface area contributed by atoms with E-state index in [4.69, 9.17) is 19.2 Å². The van der Waals surface area contributed by atoms with Crippen LogP contribution in [-0.4, -0.2) is 78.2 Å². The SMILES string of the molecule is COC(=O)c1nc(N2CCc3cccc(C(=O)Nc4nc5ccccc5s4)c3C2)sc1CCCOc1ccc(C#CCN2CCC3(CCC(C(=O)OC(C)(C)C)CC3)CC2)cc1. The number of likely N-dealkylation sites (tertiary alicyclic amines) is 1. The van der Waals surface area contributed by atoms with E-state index in [2.05, 4.69) is 38.0 Å². The lowest BCUT2D eigenvalue weighted by molar-refractivity contribution is -0.162. The summed E-state index contributed by atoms with van der Waals surface area (Å²) < 4.78 is 17.9. The zero-order chi connectivity index (χ0) is 43.3. The third-order valence-corrected chi connectivity index (χ3v) is 14.4. The maximum absolute atomic E-state index is 13.6. The Morgan fingerprint density at radius 2 is 1.69 bits per heavy atom. The molecule has 0 radical (unpaired) electrons. The number of thiazole rings is 2. The van der Waals surface area contributed by atoms with Crippen LogP contribution in [0.5, 0.6) is 5.75 Å². The number of nitrogens with zero attached hydrogens (tertiary/aromatic N) is 4. The molecule has 1 N–H and O–H groups in total. The molecule has 62 heavy (non-hydrogen) atoms. The number of hydrogen-bond acceptors (Lipinski definition) is 12. The molecular formula is C49H55N5O6S2. The van der Waals surface area contributed by atoms with Gasteiger partial charge in [0, 0.05) is 29.1 Å². The Kier molecular flexibility index (Phi) is 13.3. The molecule has 3 aliphatic rings. The van der Waals surface area contributed by atoms with Crippen LogP contribution in [0, 0.1) is 23.2 Å². The third-order valence-electron chi connectivity index (χ3n) is 12.3. The minimum absolute atomic E-state index is 0.0278. The lowest BCUT2D eigenvalue weighted by atomic mass is 9.65. The molecule has 11 nitrogen and oxygen atoms in total. The number of methoxy groups -OCH3 is 1. The molecule has 2 aromatic heterocycles. The summed E-state index contributed by atoms with van der Waals surface area (Å²) in [5, 5.41) is 4.31. The smallest absolute Gasteiger partial charge is 0.357 e. The minimum atomic E-state index is -0.461. The first-order valence-electron chi connectivity index (χ1n) is 21.7. The van der Waals surface area contributed by atoms with Crippen LogP contribution in [0.25, 0.3) is 10.2 Å². The van der Waals surface area contributed by atoms with Crippen LogP contribution in [-0.2, 0) is 33.7 Å². The van der Waals surface area contributed by atoms with Crippen molar-refractivity contribution in [1.82, 2.24) is 14.9 Å². The summed E-state index contributed by atoms with van der Waals surface area (Å²) in [7, 11) is 1.38. The highest BCUT2D eigenvalue weighted by Crippen LogP contribution is 2.46. The second-order valence-electron chi connectivity index (χ2n) is 17.7. The van der Waals surface area contributed by atoms with Gasteiger partial charge in [-0.05, 0) is 151 Å². The fourth-order valence-electron chi connectivity index (χ4n) is 8.79. The summed E-state index contributed by atoms with van der Waals surface area (Å²) in [5.74, 6) is 6.83. The molecule has 13 heteroatoms. The van der Waals surface area contributed by atoms with E-state index in [0.29, 0.717) is 54.3 Å². The number of para-hydroxylation sites is 1. The van der Waals surface area contributed by atoms with Crippen LogP contribution >= 0.6 is 22.7 Å². The first kappa shape index (κ1) is 43.4. The summed E-state index contributed by atoms with van der Waals surface area (Å²) in [6, 6.07) is 21.6. The van der Waals surface area contributed by atoms with Crippen molar-refractivity contribution in [3.63, 3.8) is 0 Å². The van der Waals surface area contributed by atoms with E-state index in [1.165, 1.54) is 42.6 Å². The van der Waals surface area contributed by atoms with Gasteiger partial charge in [0.2, 0.25) is 0 Å².